The molecule has 3 aliphatic rings. The summed E-state index contributed by atoms with van der Waals surface area (Å²) in [6.07, 6.45) is 1.55. The summed E-state index contributed by atoms with van der Waals surface area (Å²) < 4.78 is 5.78. The number of phenolic OH excluding ortho intramolecular Hbond substituents is 1. The molecule has 0 saturated carbocycles. The average molecular weight is 509 g/mol. The maximum Gasteiger partial charge on any atom is 0.255 e. The molecule has 0 bridgehead atoms. The van der Waals surface area contributed by atoms with E-state index in [-0.39, 0.29) is 42.2 Å². The van der Waals surface area contributed by atoms with Crippen LogP contribution in [0.2, 0.25) is 0 Å². The fraction of sp³-hybridized carbons (Fsp3) is 0.370. The minimum atomic E-state index is -2.58. The Morgan fingerprint density at radius 2 is 1.92 bits per heavy atom. The normalized spacial score (nSPS) is 25.3. The first-order valence-corrected chi connectivity index (χ1v) is 12.1. The molecule has 10 heteroatoms. The number of carbonyl (C=O) groups excluding carboxylic acids is 3. The number of aliphatic hydroxyl groups excluding tert-OH is 2. The predicted octanol–water partition coefficient (Wildman–Crippen LogP) is 2.34. The third-order valence-corrected chi connectivity index (χ3v) is 7.64. The average Bonchev–Trinajstić information content (AvgIpc) is 3.28. The maximum atomic E-state index is 13.7. The van der Waals surface area contributed by atoms with Gasteiger partial charge in [-0.3, -0.25) is 14.4 Å². The molecule has 5 rings (SSSR count). The van der Waals surface area contributed by atoms with Crippen LogP contribution in [-0.2, 0) is 22.6 Å². The molecule has 1 aromatic carbocycles. The van der Waals surface area contributed by atoms with Crippen LogP contribution in [0.4, 0.5) is 0 Å². The Labute approximate surface area is 212 Å². The monoisotopic (exact) mass is 508 g/mol. The Morgan fingerprint density at radius 1 is 1.19 bits per heavy atom. The zero-order chi connectivity index (χ0) is 26.8. The second-order valence-corrected chi connectivity index (χ2v) is 10.2. The third kappa shape index (κ3) is 3.59. The minimum Gasteiger partial charge on any atom is -0.511 e. The number of benzene rings is 1. The van der Waals surface area contributed by atoms with Crippen LogP contribution < -0.4 is 11.1 Å². The lowest BCUT2D eigenvalue weighted by molar-refractivity contribution is -0.144. The van der Waals surface area contributed by atoms with E-state index in [4.69, 9.17) is 10.2 Å². The molecule has 0 radical (unpaired) electrons. The zero-order valence-electron chi connectivity index (χ0n) is 20.4. The number of hydrogen-bond acceptors (Lipinski definition) is 9. The Bertz CT molecular complexity index is 1420. The summed E-state index contributed by atoms with van der Waals surface area (Å²) in [7, 11) is 0. The number of Topliss-reactive ketones (excluding diaryl/α,β-unsaturated/α-hetero) is 2. The highest BCUT2D eigenvalue weighted by Gasteiger charge is 2.59. The molecular formula is C27H28N2O8. The van der Waals surface area contributed by atoms with E-state index in [2.05, 4.69) is 5.32 Å². The number of nitrogens with two attached hydrogens (primary N) is 1. The highest BCUT2D eigenvalue weighted by molar-refractivity contribution is 6.24. The van der Waals surface area contributed by atoms with Crippen molar-refractivity contribution in [2.24, 2.45) is 17.6 Å². The lowest BCUT2D eigenvalue weighted by Gasteiger charge is -2.45. The largest absolute Gasteiger partial charge is 0.511 e. The number of aromatic hydroxyl groups is 1. The van der Waals surface area contributed by atoms with Crippen molar-refractivity contribution in [3.05, 3.63) is 63.8 Å². The van der Waals surface area contributed by atoms with Crippen LogP contribution in [0, 0.1) is 11.8 Å². The van der Waals surface area contributed by atoms with Crippen molar-refractivity contribution in [3.63, 3.8) is 0 Å². The van der Waals surface area contributed by atoms with E-state index >= 15 is 0 Å². The Kier molecular flexibility index (Phi) is 5.76. The molecule has 1 aromatic heterocycles. The van der Waals surface area contributed by atoms with Gasteiger partial charge in [-0.05, 0) is 42.5 Å². The van der Waals surface area contributed by atoms with Crippen molar-refractivity contribution in [1.82, 2.24) is 5.32 Å². The number of ketones is 2. The quantitative estimate of drug-likeness (QED) is 0.330. The van der Waals surface area contributed by atoms with Crippen molar-refractivity contribution in [2.75, 3.05) is 0 Å². The number of furan rings is 1. The second kappa shape index (κ2) is 8.60. The lowest BCUT2D eigenvalue weighted by atomic mass is 9.60. The fourth-order valence-electron chi connectivity index (χ4n) is 5.86. The van der Waals surface area contributed by atoms with Crippen LogP contribution in [0.3, 0.4) is 0 Å². The van der Waals surface area contributed by atoms with Gasteiger partial charge in [0, 0.05) is 41.6 Å². The second-order valence-electron chi connectivity index (χ2n) is 10.2. The molecule has 1 amide bonds. The number of nitrogens with one attached hydrogen (secondary N) is 1. The number of rotatable bonds is 5. The molecule has 3 aliphatic carbocycles. The molecule has 3 atom stereocenters. The molecule has 2 aromatic rings. The number of phenols is 1. The Hall–Kier alpha value is -3.89. The lowest BCUT2D eigenvalue weighted by Crippen LogP contribution is -2.57. The molecule has 7 N–H and O–H groups in total. The summed E-state index contributed by atoms with van der Waals surface area (Å²) in [5.74, 6) is -6.00. The first kappa shape index (κ1) is 24.8. The molecular weight excluding hydrogens is 480 g/mol. The Morgan fingerprint density at radius 3 is 2.59 bits per heavy atom. The molecule has 0 spiro atoms. The molecule has 37 heavy (non-hydrogen) atoms. The highest BCUT2D eigenvalue weighted by Crippen LogP contribution is 2.52. The van der Waals surface area contributed by atoms with E-state index in [0.29, 0.717) is 23.4 Å². The number of aliphatic hydroxyl groups is 3. The molecule has 0 unspecified atom stereocenters. The van der Waals surface area contributed by atoms with Crippen LogP contribution in [0.5, 0.6) is 5.75 Å². The smallest absolute Gasteiger partial charge is 0.255 e. The van der Waals surface area contributed by atoms with Gasteiger partial charge in [0.05, 0.1) is 11.8 Å². The van der Waals surface area contributed by atoms with Gasteiger partial charge in [0.25, 0.3) is 5.91 Å². The third-order valence-electron chi connectivity index (χ3n) is 7.64. The van der Waals surface area contributed by atoms with Gasteiger partial charge in [0.2, 0.25) is 5.78 Å². The van der Waals surface area contributed by atoms with E-state index in [0.717, 1.165) is 5.56 Å². The van der Waals surface area contributed by atoms with Crippen LogP contribution in [0.15, 0.2) is 51.5 Å². The van der Waals surface area contributed by atoms with Gasteiger partial charge >= 0.3 is 0 Å². The van der Waals surface area contributed by atoms with Gasteiger partial charge in [0.15, 0.2) is 11.4 Å². The van der Waals surface area contributed by atoms with Gasteiger partial charge in [0.1, 0.15) is 28.6 Å². The molecule has 194 valence electrons. The Balaban J connectivity index is 1.63. The summed E-state index contributed by atoms with van der Waals surface area (Å²) >= 11 is 0. The maximum absolute atomic E-state index is 13.7. The number of amides is 1. The van der Waals surface area contributed by atoms with Crippen molar-refractivity contribution < 1.29 is 39.2 Å². The van der Waals surface area contributed by atoms with Gasteiger partial charge in [-0.2, -0.15) is 0 Å². The van der Waals surface area contributed by atoms with E-state index in [1.165, 1.54) is 6.07 Å². The summed E-state index contributed by atoms with van der Waals surface area (Å²) in [4.78, 5) is 38.5. The summed E-state index contributed by atoms with van der Waals surface area (Å²) in [6.45, 7) is 4.55. The van der Waals surface area contributed by atoms with Crippen LogP contribution in [0.1, 0.15) is 48.2 Å². The molecule has 10 nitrogen and oxygen atoms in total. The van der Waals surface area contributed by atoms with Crippen LogP contribution >= 0.6 is 0 Å². The first-order chi connectivity index (χ1) is 17.5. The van der Waals surface area contributed by atoms with Crippen molar-refractivity contribution >= 4 is 17.5 Å². The number of allylic oxidation sites excluding steroid dienone is 2. The SMILES string of the molecule is CC(C)NCc1ccoc1-c1ccc(O)c2c1C[C@H]1C[C@H]3CC(O)=C(C(N)=O)C(=O)[C@@]3(O)C(O)=C1C2=O. The van der Waals surface area contributed by atoms with Gasteiger partial charge in [-0.1, -0.05) is 13.8 Å². The summed E-state index contributed by atoms with van der Waals surface area (Å²) in [5, 5.41) is 46.8. The standard InChI is InChI=1S/C27H28N2O8/c1-11(2)29-10-12-5-6-37-23(12)15-3-4-17(30)20-16(15)8-13-7-14-9-18(31)21(26(28)35)25(34)27(14,36)24(33)19(13)22(20)32/h3-6,11,13-14,29-31,33,36H,7-10H2,1-2H3,(H2,28,35)/t13-,14+,27+/m1/s1. The summed E-state index contributed by atoms with van der Waals surface area (Å²) in [5.41, 5.74) is 3.61. The van der Waals surface area contributed by atoms with Crippen molar-refractivity contribution in [2.45, 2.75) is 51.3 Å². The van der Waals surface area contributed by atoms with E-state index < -0.39 is 52.0 Å². The number of primary amides is 1. The predicted molar refractivity (Wildman–Crippen MR) is 130 cm³/mol. The van der Waals surface area contributed by atoms with E-state index in [1.54, 1.807) is 12.3 Å². The summed E-state index contributed by atoms with van der Waals surface area (Å²) in [6, 6.07) is 5.09. The minimum absolute atomic E-state index is 0.0479. The fourth-order valence-corrected chi connectivity index (χ4v) is 5.86. The molecule has 0 saturated heterocycles. The number of fused-ring (bicyclic) bond motifs is 3. The van der Waals surface area contributed by atoms with Crippen LogP contribution in [0.25, 0.3) is 11.3 Å². The van der Waals surface area contributed by atoms with E-state index in [1.807, 2.05) is 19.9 Å². The van der Waals surface area contributed by atoms with Crippen molar-refractivity contribution in [1.29, 1.82) is 0 Å². The van der Waals surface area contributed by atoms with Gasteiger partial charge in [-0.15, -0.1) is 0 Å². The first-order valence-electron chi connectivity index (χ1n) is 12.1. The molecule has 0 fully saturated rings. The molecule has 1 heterocycles. The topological polar surface area (TPSA) is 183 Å². The number of carbonyl (C=O) groups is 3. The molecule has 0 aliphatic heterocycles. The number of hydrogen-bond donors (Lipinski definition) is 6. The van der Waals surface area contributed by atoms with Gasteiger partial charge < -0.3 is 35.9 Å². The zero-order valence-corrected chi connectivity index (χ0v) is 20.4. The van der Waals surface area contributed by atoms with Crippen molar-refractivity contribution in [3.8, 4) is 17.1 Å². The van der Waals surface area contributed by atoms with Gasteiger partial charge in [-0.25, -0.2) is 0 Å². The van der Waals surface area contributed by atoms with E-state index in [9.17, 15) is 34.8 Å². The highest BCUT2D eigenvalue weighted by atomic mass is 16.3. The van der Waals surface area contributed by atoms with Crippen LogP contribution in [-0.4, -0.2) is 49.5 Å².